The maximum atomic E-state index is 12.5. The highest BCUT2D eigenvalue weighted by molar-refractivity contribution is 7.80. The van der Waals surface area contributed by atoms with E-state index in [1.54, 1.807) is 30.3 Å². The van der Waals surface area contributed by atoms with Crippen molar-refractivity contribution < 1.29 is 19.2 Å². The minimum absolute atomic E-state index is 0.00405. The lowest BCUT2D eigenvalue weighted by molar-refractivity contribution is -0.384. The van der Waals surface area contributed by atoms with Gasteiger partial charge in [-0.15, -0.1) is 6.58 Å². The average Bonchev–Trinajstić information content (AvgIpc) is 2.79. The van der Waals surface area contributed by atoms with Gasteiger partial charge in [-0.25, -0.2) is 0 Å². The number of likely N-dealkylation sites (N-methyl/N-ethyl adjacent to an activating group) is 2. The number of benzene rings is 2. The van der Waals surface area contributed by atoms with Crippen LogP contribution in [0.25, 0.3) is 6.08 Å². The average molecular weight is 452 g/mol. The summed E-state index contributed by atoms with van der Waals surface area (Å²) < 4.78 is 5.89. The molecule has 0 spiro atoms. The molecule has 1 fully saturated rings. The number of nitrogens with zero attached hydrogens (tertiary/aromatic N) is 3. The van der Waals surface area contributed by atoms with Crippen LogP contribution in [-0.4, -0.2) is 45.7 Å². The van der Waals surface area contributed by atoms with E-state index in [0.29, 0.717) is 23.3 Å². The first kappa shape index (κ1) is 22.8. The van der Waals surface area contributed by atoms with E-state index < -0.39 is 16.7 Å². The van der Waals surface area contributed by atoms with Gasteiger partial charge in [0.25, 0.3) is 17.5 Å². The highest BCUT2D eigenvalue weighted by atomic mass is 32.1. The first-order valence-corrected chi connectivity index (χ1v) is 10.1. The second-order valence-electron chi connectivity index (χ2n) is 7.14. The Balaban J connectivity index is 1.87. The number of hydrogen-bond acceptors (Lipinski definition) is 6. The number of ether oxygens (including phenoxy) is 1. The zero-order valence-electron chi connectivity index (χ0n) is 17.6. The van der Waals surface area contributed by atoms with Crippen LogP contribution < -0.4 is 4.74 Å². The third kappa shape index (κ3) is 4.73. The van der Waals surface area contributed by atoms with Crippen molar-refractivity contribution in [3.8, 4) is 5.75 Å². The summed E-state index contributed by atoms with van der Waals surface area (Å²) in [5, 5.41) is 11.1. The van der Waals surface area contributed by atoms with Crippen molar-refractivity contribution in [3.63, 3.8) is 0 Å². The molecule has 1 saturated heterocycles. The smallest absolute Gasteiger partial charge is 0.269 e. The number of amides is 2. The Morgan fingerprint density at radius 1 is 1.12 bits per heavy atom. The molecule has 0 unspecified atom stereocenters. The fourth-order valence-corrected chi connectivity index (χ4v) is 3.37. The van der Waals surface area contributed by atoms with Crippen molar-refractivity contribution in [3.05, 3.63) is 87.5 Å². The molecule has 8 nitrogen and oxygen atoms in total. The molecule has 0 atom stereocenters. The summed E-state index contributed by atoms with van der Waals surface area (Å²) in [7, 11) is 3.05. The van der Waals surface area contributed by atoms with E-state index in [9.17, 15) is 19.7 Å². The third-order valence-electron chi connectivity index (χ3n) is 4.92. The lowest BCUT2D eigenvalue weighted by atomic mass is 10.0. The maximum absolute atomic E-state index is 12.5. The minimum atomic E-state index is -0.464. The molecule has 9 heteroatoms. The molecule has 0 bridgehead atoms. The van der Waals surface area contributed by atoms with Gasteiger partial charge >= 0.3 is 0 Å². The van der Waals surface area contributed by atoms with E-state index in [0.717, 1.165) is 5.56 Å². The topological polar surface area (TPSA) is 93.0 Å². The fraction of sp³-hybridized carbons (Fsp3) is 0.174. The van der Waals surface area contributed by atoms with Crippen LogP contribution in [0.15, 0.2) is 60.7 Å². The standard InChI is InChI=1S/C23H21N3O5S/c1-4-6-17-11-15(13-19-21(27)24(2)23(32)25(3)22(19)28)9-10-20(17)31-14-16-7-5-8-18(12-16)26(29)30/h4-5,7-13H,1,6,14H2,2-3H3. The van der Waals surface area contributed by atoms with Crippen LogP contribution in [0.2, 0.25) is 0 Å². The second kappa shape index (κ2) is 9.52. The maximum Gasteiger partial charge on any atom is 0.269 e. The monoisotopic (exact) mass is 451 g/mol. The van der Waals surface area contributed by atoms with Gasteiger partial charge in [0.1, 0.15) is 17.9 Å². The van der Waals surface area contributed by atoms with E-state index in [1.807, 2.05) is 6.07 Å². The molecule has 2 aromatic rings. The van der Waals surface area contributed by atoms with Gasteiger partial charge in [-0.05, 0) is 53.5 Å². The molecule has 32 heavy (non-hydrogen) atoms. The van der Waals surface area contributed by atoms with Crippen molar-refractivity contribution in [1.29, 1.82) is 0 Å². The van der Waals surface area contributed by atoms with Gasteiger partial charge in [0, 0.05) is 26.2 Å². The lowest BCUT2D eigenvalue weighted by Crippen LogP contribution is -2.52. The Hall–Kier alpha value is -3.85. The SMILES string of the molecule is C=CCc1cc(C=C2C(=O)N(C)C(=S)N(C)C2=O)ccc1OCc1cccc([N+](=O)[O-])c1. The van der Waals surface area contributed by atoms with Gasteiger partial charge in [0.2, 0.25) is 0 Å². The minimum Gasteiger partial charge on any atom is -0.489 e. The summed E-state index contributed by atoms with van der Waals surface area (Å²) >= 11 is 5.10. The first-order valence-electron chi connectivity index (χ1n) is 9.64. The molecule has 0 aromatic heterocycles. The van der Waals surface area contributed by atoms with Gasteiger partial charge in [-0.2, -0.15) is 0 Å². The molecule has 2 amide bonds. The van der Waals surface area contributed by atoms with Gasteiger partial charge < -0.3 is 4.74 Å². The third-order valence-corrected chi connectivity index (χ3v) is 5.47. The van der Waals surface area contributed by atoms with E-state index in [2.05, 4.69) is 6.58 Å². The zero-order valence-corrected chi connectivity index (χ0v) is 18.4. The van der Waals surface area contributed by atoms with Crippen LogP contribution >= 0.6 is 12.2 Å². The summed E-state index contributed by atoms with van der Waals surface area (Å²) in [6.07, 6.45) is 3.73. The lowest BCUT2D eigenvalue weighted by Gasteiger charge is -2.31. The molecule has 164 valence electrons. The number of thiocarbonyl (C=S) groups is 1. The van der Waals surface area contributed by atoms with Crippen LogP contribution in [0.4, 0.5) is 5.69 Å². The number of carbonyl (C=O) groups is 2. The van der Waals surface area contributed by atoms with Crippen molar-refractivity contribution in [2.45, 2.75) is 13.0 Å². The van der Waals surface area contributed by atoms with Crippen molar-refractivity contribution >= 4 is 40.9 Å². The Labute approximate surface area is 190 Å². The van der Waals surface area contributed by atoms with Crippen molar-refractivity contribution in [1.82, 2.24) is 9.80 Å². The van der Waals surface area contributed by atoms with Crippen LogP contribution in [0.3, 0.4) is 0 Å². The molecule has 0 radical (unpaired) electrons. The Morgan fingerprint density at radius 2 is 1.81 bits per heavy atom. The number of rotatable bonds is 7. The van der Waals surface area contributed by atoms with Crippen LogP contribution in [-0.2, 0) is 22.6 Å². The van der Waals surface area contributed by atoms with Crippen molar-refractivity contribution in [2.75, 3.05) is 14.1 Å². The first-order chi connectivity index (χ1) is 15.2. The van der Waals surface area contributed by atoms with Crippen LogP contribution in [0.1, 0.15) is 16.7 Å². The number of non-ortho nitro benzene ring substituents is 1. The molecule has 0 N–H and O–H groups in total. The molecule has 0 aliphatic carbocycles. The summed E-state index contributed by atoms with van der Waals surface area (Å²) in [5.74, 6) is -0.348. The normalized spacial score (nSPS) is 13.9. The summed E-state index contributed by atoms with van der Waals surface area (Å²) in [4.78, 5) is 38.1. The van der Waals surface area contributed by atoms with Gasteiger partial charge in [-0.3, -0.25) is 29.5 Å². The number of allylic oxidation sites excluding steroid dienone is 1. The summed E-state index contributed by atoms with van der Waals surface area (Å²) in [6, 6.07) is 11.5. The molecular weight excluding hydrogens is 430 g/mol. The molecular formula is C23H21N3O5S. The number of hydrogen-bond donors (Lipinski definition) is 0. The highest BCUT2D eigenvalue weighted by Gasteiger charge is 2.35. The molecule has 1 heterocycles. The summed E-state index contributed by atoms with van der Waals surface area (Å²) in [5.41, 5.74) is 2.12. The second-order valence-corrected chi connectivity index (χ2v) is 7.51. The number of carbonyl (C=O) groups excluding carboxylic acids is 2. The quantitative estimate of drug-likeness (QED) is 0.160. The van der Waals surface area contributed by atoms with Crippen LogP contribution in [0.5, 0.6) is 5.75 Å². The Bertz CT molecular complexity index is 1130. The van der Waals surface area contributed by atoms with Crippen molar-refractivity contribution in [2.24, 2.45) is 0 Å². The Kier molecular flexibility index (Phi) is 6.79. The van der Waals surface area contributed by atoms with E-state index in [4.69, 9.17) is 17.0 Å². The van der Waals surface area contributed by atoms with E-state index in [-0.39, 0.29) is 23.0 Å². The fourth-order valence-electron chi connectivity index (χ4n) is 3.21. The largest absolute Gasteiger partial charge is 0.489 e. The van der Waals surface area contributed by atoms with Crippen LogP contribution in [0, 0.1) is 10.1 Å². The van der Waals surface area contributed by atoms with E-state index >= 15 is 0 Å². The number of nitro groups is 1. The molecule has 2 aromatic carbocycles. The van der Waals surface area contributed by atoms with Gasteiger partial charge in [-0.1, -0.05) is 24.3 Å². The van der Waals surface area contributed by atoms with E-state index in [1.165, 1.54) is 42.1 Å². The molecule has 0 saturated carbocycles. The Morgan fingerprint density at radius 3 is 2.44 bits per heavy atom. The predicted octanol–water partition coefficient (Wildman–Crippen LogP) is 3.50. The zero-order chi connectivity index (χ0) is 23.4. The molecule has 1 aliphatic rings. The number of nitro benzene ring substituents is 1. The molecule has 3 rings (SSSR count). The van der Waals surface area contributed by atoms with Gasteiger partial charge in [0.05, 0.1) is 4.92 Å². The summed E-state index contributed by atoms with van der Waals surface area (Å²) in [6.45, 7) is 3.91. The predicted molar refractivity (Wildman–Crippen MR) is 124 cm³/mol. The van der Waals surface area contributed by atoms with Gasteiger partial charge in [0.15, 0.2) is 5.11 Å². The highest BCUT2D eigenvalue weighted by Crippen LogP contribution is 2.26. The molecule has 1 aliphatic heterocycles.